The average Bonchev–Trinajstić information content (AvgIpc) is 2.47. The Morgan fingerprint density at radius 2 is 2.27 bits per heavy atom. The number of nitrogens with zero attached hydrogens (tertiary/aromatic N) is 2. The molecule has 0 aliphatic carbocycles. The second-order valence-electron chi connectivity index (χ2n) is 5.83. The van der Waals surface area contributed by atoms with E-state index in [2.05, 4.69) is 41.2 Å². The molecule has 22 heavy (non-hydrogen) atoms. The molecule has 2 rings (SSSR count). The van der Waals surface area contributed by atoms with E-state index >= 15 is 0 Å². The fraction of sp³-hybridized carbons (Fsp3) is 0.588. The molecule has 1 heterocycles. The van der Waals surface area contributed by atoms with Crippen LogP contribution in [0.15, 0.2) is 29.3 Å². The van der Waals surface area contributed by atoms with Crippen LogP contribution in [0.1, 0.15) is 25.3 Å². The van der Waals surface area contributed by atoms with E-state index in [0.717, 1.165) is 37.3 Å². The first kappa shape index (κ1) is 19.1. The van der Waals surface area contributed by atoms with Crippen LogP contribution in [0.2, 0.25) is 0 Å². The third-order valence-corrected chi connectivity index (χ3v) is 3.81. The summed E-state index contributed by atoms with van der Waals surface area (Å²) in [6.07, 6.45) is 2.58. The number of nitrogens with one attached hydrogen (secondary N) is 1. The Kier molecular flexibility index (Phi) is 8.60. The standard InChI is InChI=1S/C17H27N3O.HI/c1-14-6-4-8-16(12-14)21-11-9-19-17(18-3)20-10-5-7-15(2)13-20;/h4,6,8,12,15H,5,7,9-11,13H2,1-3H3,(H,18,19);1H. The van der Waals surface area contributed by atoms with Gasteiger partial charge in [-0.2, -0.15) is 0 Å². The monoisotopic (exact) mass is 417 g/mol. The molecule has 1 fully saturated rings. The van der Waals surface area contributed by atoms with Gasteiger partial charge in [-0.3, -0.25) is 4.99 Å². The van der Waals surface area contributed by atoms with Crippen molar-refractivity contribution in [3.8, 4) is 5.75 Å². The largest absolute Gasteiger partial charge is 0.492 e. The van der Waals surface area contributed by atoms with Crippen molar-refractivity contribution in [2.24, 2.45) is 10.9 Å². The average molecular weight is 417 g/mol. The molecule has 1 aliphatic rings. The molecule has 1 saturated heterocycles. The first-order valence-electron chi connectivity index (χ1n) is 7.84. The van der Waals surface area contributed by atoms with E-state index < -0.39 is 0 Å². The number of benzene rings is 1. The molecule has 0 radical (unpaired) electrons. The number of hydrogen-bond donors (Lipinski definition) is 1. The summed E-state index contributed by atoms with van der Waals surface area (Å²) in [5, 5.41) is 3.40. The molecule has 4 nitrogen and oxygen atoms in total. The zero-order valence-electron chi connectivity index (χ0n) is 13.8. The summed E-state index contributed by atoms with van der Waals surface area (Å²) in [4.78, 5) is 6.73. The summed E-state index contributed by atoms with van der Waals surface area (Å²) < 4.78 is 5.75. The lowest BCUT2D eigenvalue weighted by molar-refractivity contribution is 0.262. The molecule has 0 amide bonds. The van der Waals surface area contributed by atoms with Crippen LogP contribution in [0.4, 0.5) is 0 Å². The fourth-order valence-electron chi connectivity index (χ4n) is 2.75. The molecular formula is C17H28IN3O. The summed E-state index contributed by atoms with van der Waals surface area (Å²) in [6.45, 7) is 7.99. The Balaban J connectivity index is 0.00000242. The third-order valence-electron chi connectivity index (χ3n) is 3.81. The van der Waals surface area contributed by atoms with Crippen LogP contribution < -0.4 is 10.1 Å². The quantitative estimate of drug-likeness (QED) is 0.354. The van der Waals surface area contributed by atoms with Crippen LogP contribution in [-0.2, 0) is 0 Å². The van der Waals surface area contributed by atoms with Crippen LogP contribution in [0.3, 0.4) is 0 Å². The van der Waals surface area contributed by atoms with Crippen molar-refractivity contribution in [3.05, 3.63) is 29.8 Å². The van der Waals surface area contributed by atoms with Gasteiger partial charge in [0.1, 0.15) is 12.4 Å². The smallest absolute Gasteiger partial charge is 0.193 e. The zero-order chi connectivity index (χ0) is 15.1. The van der Waals surface area contributed by atoms with Gasteiger partial charge < -0.3 is 15.0 Å². The topological polar surface area (TPSA) is 36.9 Å². The van der Waals surface area contributed by atoms with E-state index in [0.29, 0.717) is 6.61 Å². The van der Waals surface area contributed by atoms with Crippen LogP contribution in [0, 0.1) is 12.8 Å². The van der Waals surface area contributed by atoms with Gasteiger partial charge in [0, 0.05) is 20.1 Å². The van der Waals surface area contributed by atoms with Gasteiger partial charge >= 0.3 is 0 Å². The second kappa shape index (κ2) is 9.92. The number of halogens is 1. The van der Waals surface area contributed by atoms with E-state index in [-0.39, 0.29) is 24.0 Å². The predicted molar refractivity (Wildman–Crippen MR) is 103 cm³/mol. The second-order valence-corrected chi connectivity index (χ2v) is 5.83. The van der Waals surface area contributed by atoms with Gasteiger partial charge in [-0.25, -0.2) is 0 Å². The van der Waals surface area contributed by atoms with Gasteiger partial charge in [-0.1, -0.05) is 19.1 Å². The molecule has 1 aromatic rings. The van der Waals surface area contributed by atoms with Gasteiger partial charge in [0.25, 0.3) is 0 Å². The highest BCUT2D eigenvalue weighted by Gasteiger charge is 2.18. The Hall–Kier alpha value is -0.980. The highest BCUT2D eigenvalue weighted by molar-refractivity contribution is 14.0. The molecule has 0 spiro atoms. The summed E-state index contributed by atoms with van der Waals surface area (Å²) in [5.41, 5.74) is 1.22. The molecule has 1 N–H and O–H groups in total. The van der Waals surface area contributed by atoms with Crippen molar-refractivity contribution in [3.63, 3.8) is 0 Å². The number of ether oxygens (including phenoxy) is 1. The number of aliphatic imine (C=N–C) groups is 1. The van der Waals surface area contributed by atoms with Crippen LogP contribution in [0.25, 0.3) is 0 Å². The Bertz CT molecular complexity index is 479. The summed E-state index contributed by atoms with van der Waals surface area (Å²) in [5.74, 6) is 2.67. The normalized spacial score (nSPS) is 18.6. The van der Waals surface area contributed by atoms with E-state index in [9.17, 15) is 0 Å². The Labute approximate surface area is 151 Å². The van der Waals surface area contributed by atoms with E-state index in [1.807, 2.05) is 19.2 Å². The molecule has 1 aliphatic heterocycles. The lowest BCUT2D eigenvalue weighted by Gasteiger charge is -2.33. The highest BCUT2D eigenvalue weighted by Crippen LogP contribution is 2.15. The summed E-state index contributed by atoms with van der Waals surface area (Å²) in [6, 6.07) is 8.14. The van der Waals surface area contributed by atoms with Crippen molar-refractivity contribution in [1.82, 2.24) is 10.2 Å². The van der Waals surface area contributed by atoms with Crippen molar-refractivity contribution in [1.29, 1.82) is 0 Å². The minimum absolute atomic E-state index is 0. The number of hydrogen-bond acceptors (Lipinski definition) is 2. The van der Waals surface area contributed by atoms with Crippen molar-refractivity contribution in [2.45, 2.75) is 26.7 Å². The van der Waals surface area contributed by atoms with Crippen molar-refractivity contribution < 1.29 is 4.74 Å². The molecule has 0 aromatic heterocycles. The molecule has 0 bridgehead atoms. The van der Waals surface area contributed by atoms with Crippen LogP contribution >= 0.6 is 24.0 Å². The van der Waals surface area contributed by atoms with E-state index in [1.54, 1.807) is 0 Å². The molecule has 5 heteroatoms. The lowest BCUT2D eigenvalue weighted by Crippen LogP contribution is -2.47. The number of likely N-dealkylation sites (tertiary alicyclic amines) is 1. The molecule has 1 atom stereocenters. The van der Waals surface area contributed by atoms with Gasteiger partial charge in [0.15, 0.2) is 5.96 Å². The summed E-state index contributed by atoms with van der Waals surface area (Å²) in [7, 11) is 1.85. The maximum atomic E-state index is 5.75. The fourth-order valence-corrected chi connectivity index (χ4v) is 2.75. The number of guanidine groups is 1. The molecule has 1 aromatic carbocycles. The Morgan fingerprint density at radius 1 is 1.45 bits per heavy atom. The first-order chi connectivity index (χ1) is 10.2. The molecule has 124 valence electrons. The SMILES string of the molecule is CN=C(NCCOc1cccc(C)c1)N1CCCC(C)C1.I. The van der Waals surface area contributed by atoms with Gasteiger partial charge in [0.2, 0.25) is 0 Å². The van der Waals surface area contributed by atoms with Gasteiger partial charge in [-0.05, 0) is 43.4 Å². The van der Waals surface area contributed by atoms with Crippen LogP contribution in [0.5, 0.6) is 5.75 Å². The number of aryl methyl sites for hydroxylation is 1. The minimum atomic E-state index is 0. The third kappa shape index (κ3) is 6.02. The minimum Gasteiger partial charge on any atom is -0.492 e. The van der Waals surface area contributed by atoms with Crippen LogP contribution in [-0.4, -0.2) is 44.1 Å². The molecular weight excluding hydrogens is 389 g/mol. The Morgan fingerprint density at radius 3 is 2.95 bits per heavy atom. The summed E-state index contributed by atoms with van der Waals surface area (Å²) >= 11 is 0. The number of rotatable bonds is 4. The molecule has 0 saturated carbocycles. The van der Waals surface area contributed by atoms with Crippen molar-refractivity contribution in [2.75, 3.05) is 33.3 Å². The maximum Gasteiger partial charge on any atom is 0.193 e. The first-order valence-corrected chi connectivity index (χ1v) is 7.84. The predicted octanol–water partition coefficient (Wildman–Crippen LogP) is 3.30. The molecule has 1 unspecified atom stereocenters. The lowest BCUT2D eigenvalue weighted by atomic mass is 10.0. The van der Waals surface area contributed by atoms with Gasteiger partial charge in [-0.15, -0.1) is 24.0 Å². The maximum absolute atomic E-state index is 5.75. The number of piperidine rings is 1. The highest BCUT2D eigenvalue weighted by atomic mass is 127. The van der Waals surface area contributed by atoms with E-state index in [1.165, 1.54) is 18.4 Å². The zero-order valence-corrected chi connectivity index (χ0v) is 16.2. The van der Waals surface area contributed by atoms with Gasteiger partial charge in [0.05, 0.1) is 6.54 Å². The van der Waals surface area contributed by atoms with E-state index in [4.69, 9.17) is 4.74 Å². The van der Waals surface area contributed by atoms with Crippen molar-refractivity contribution >= 4 is 29.9 Å².